The number of nitrogens with zero attached hydrogens (tertiary/aromatic N) is 2. The van der Waals surface area contributed by atoms with Gasteiger partial charge in [0.05, 0.1) is 17.7 Å². The van der Waals surface area contributed by atoms with E-state index >= 15 is 0 Å². The van der Waals surface area contributed by atoms with E-state index in [0.29, 0.717) is 5.56 Å². The Morgan fingerprint density at radius 2 is 1.82 bits per heavy atom. The van der Waals surface area contributed by atoms with Crippen LogP contribution in [0, 0.1) is 17.9 Å². The zero-order valence-electron chi connectivity index (χ0n) is 10.1. The minimum Gasteiger partial charge on any atom is -0.225 e. The van der Waals surface area contributed by atoms with Gasteiger partial charge in [-0.15, -0.1) is 0 Å². The summed E-state index contributed by atoms with van der Waals surface area (Å²) < 4.78 is 0. The van der Waals surface area contributed by atoms with Crippen LogP contribution in [0.15, 0.2) is 30.0 Å². The van der Waals surface area contributed by atoms with Crippen molar-refractivity contribution in [1.82, 2.24) is 0 Å². The first-order valence-electron chi connectivity index (χ1n) is 5.18. The molecule has 0 unspecified atom stereocenters. The molecule has 1 rings (SSSR count). The van der Waals surface area contributed by atoms with Crippen molar-refractivity contribution in [2.45, 2.75) is 26.2 Å². The normalized spacial score (nSPS) is 12.4. The molecule has 0 N–H and O–H groups in total. The number of allylic oxidation sites excluding steroid dienone is 1. The van der Waals surface area contributed by atoms with E-state index < -0.39 is 0 Å². The van der Waals surface area contributed by atoms with Gasteiger partial charge in [0.15, 0.2) is 0 Å². The molecule has 3 heteroatoms. The summed E-state index contributed by atoms with van der Waals surface area (Å²) in [5.74, 6) is 0. The van der Waals surface area contributed by atoms with Crippen molar-refractivity contribution in [3.05, 3.63) is 52.5 Å². The van der Waals surface area contributed by atoms with Gasteiger partial charge in [-0.3, -0.25) is 0 Å². The van der Waals surface area contributed by atoms with Crippen molar-refractivity contribution >= 4 is 16.6 Å². The Morgan fingerprint density at radius 1 is 1.29 bits per heavy atom. The van der Waals surface area contributed by atoms with Gasteiger partial charge in [-0.25, -0.2) is 10.1 Å². The van der Waals surface area contributed by atoms with Crippen LogP contribution in [0.4, 0.5) is 0 Å². The monoisotopic (exact) mass is 244 g/mol. The molecular formula is C14H13ClN2. The smallest absolute Gasteiger partial charge is 0.225 e. The van der Waals surface area contributed by atoms with E-state index in [1.165, 1.54) is 5.56 Å². The van der Waals surface area contributed by atoms with Crippen LogP contribution >= 0.6 is 11.6 Å². The average molecular weight is 245 g/mol. The Kier molecular flexibility index (Phi) is 3.94. The van der Waals surface area contributed by atoms with E-state index in [1.54, 1.807) is 6.07 Å². The third-order valence-electron chi connectivity index (χ3n) is 2.43. The lowest BCUT2D eigenvalue weighted by atomic mass is 9.86. The van der Waals surface area contributed by atoms with Crippen molar-refractivity contribution in [3.8, 4) is 6.07 Å². The van der Waals surface area contributed by atoms with Crippen LogP contribution in [-0.4, -0.2) is 0 Å². The molecule has 0 radical (unpaired) electrons. The van der Waals surface area contributed by atoms with Gasteiger partial charge in [-0.1, -0.05) is 56.6 Å². The third-order valence-corrected chi connectivity index (χ3v) is 2.83. The maximum atomic E-state index is 8.74. The predicted octanol–water partition coefficient (Wildman–Crippen LogP) is 4.33. The average Bonchev–Trinajstić information content (AvgIpc) is 2.29. The molecule has 17 heavy (non-hydrogen) atoms. The molecule has 1 aromatic rings. The van der Waals surface area contributed by atoms with Crippen LogP contribution in [0.25, 0.3) is 9.88 Å². The predicted molar refractivity (Wildman–Crippen MR) is 70.1 cm³/mol. The molecule has 0 saturated heterocycles. The van der Waals surface area contributed by atoms with Crippen molar-refractivity contribution in [2.75, 3.05) is 0 Å². The molecule has 0 aliphatic rings. The summed E-state index contributed by atoms with van der Waals surface area (Å²) in [6.45, 7) is 13.2. The number of nitriles is 1. The molecule has 0 aliphatic heterocycles. The lowest BCUT2D eigenvalue weighted by Gasteiger charge is -2.19. The molecule has 2 nitrogen and oxygen atoms in total. The van der Waals surface area contributed by atoms with Crippen LogP contribution in [0.1, 0.15) is 31.9 Å². The summed E-state index contributed by atoms with van der Waals surface area (Å²) in [4.78, 5) is 3.09. The van der Waals surface area contributed by atoms with Gasteiger partial charge in [0.25, 0.3) is 5.70 Å². The van der Waals surface area contributed by atoms with Gasteiger partial charge in [-0.05, 0) is 16.5 Å². The molecule has 0 atom stereocenters. The molecule has 0 heterocycles. The second-order valence-electron chi connectivity index (χ2n) is 4.71. The van der Waals surface area contributed by atoms with Gasteiger partial charge in [0.2, 0.25) is 0 Å². The zero-order valence-corrected chi connectivity index (χ0v) is 10.8. The van der Waals surface area contributed by atoms with Crippen LogP contribution < -0.4 is 0 Å². The van der Waals surface area contributed by atoms with Crippen LogP contribution in [-0.2, 0) is 5.41 Å². The summed E-state index contributed by atoms with van der Waals surface area (Å²) >= 11 is 5.98. The quantitative estimate of drug-likeness (QED) is 0.534. The Hall–Kier alpha value is -1.77. The highest BCUT2D eigenvalue weighted by atomic mass is 35.5. The lowest BCUT2D eigenvalue weighted by molar-refractivity contribution is 0.590. The number of hydrogen-bond donors (Lipinski definition) is 0. The molecule has 0 aromatic heterocycles. The number of hydrogen-bond acceptors (Lipinski definition) is 1. The summed E-state index contributed by atoms with van der Waals surface area (Å²) in [7, 11) is 0. The first kappa shape index (κ1) is 13.3. The first-order valence-corrected chi connectivity index (χ1v) is 5.56. The van der Waals surface area contributed by atoms with Gasteiger partial charge in [-0.2, -0.15) is 0 Å². The molecule has 86 valence electrons. The standard InChI is InChI=1S/C14H13ClN2/c1-14(2,3)11-7-5-10(6-8-11)13(15)12(9-16)17-4/h5-8H,1-3H3/b13-12-. The Bertz CT molecular complexity index is 503. The summed E-state index contributed by atoms with van der Waals surface area (Å²) in [6, 6.07) is 9.40. The van der Waals surface area contributed by atoms with Gasteiger partial charge in [0.1, 0.15) is 0 Å². The van der Waals surface area contributed by atoms with E-state index in [9.17, 15) is 0 Å². The van der Waals surface area contributed by atoms with E-state index in [-0.39, 0.29) is 16.1 Å². The molecule has 0 spiro atoms. The maximum Gasteiger partial charge on any atom is 0.280 e. The van der Waals surface area contributed by atoms with E-state index in [2.05, 4.69) is 25.6 Å². The van der Waals surface area contributed by atoms with Crippen molar-refractivity contribution in [1.29, 1.82) is 5.26 Å². The van der Waals surface area contributed by atoms with E-state index in [1.807, 2.05) is 24.3 Å². The molecule has 0 fully saturated rings. The highest BCUT2D eigenvalue weighted by Crippen LogP contribution is 2.27. The molecule has 0 bridgehead atoms. The summed E-state index contributed by atoms with van der Waals surface area (Å²) in [5, 5.41) is 8.95. The second-order valence-corrected chi connectivity index (χ2v) is 5.09. The van der Waals surface area contributed by atoms with Gasteiger partial charge >= 0.3 is 0 Å². The Morgan fingerprint density at radius 3 is 2.18 bits per heavy atom. The van der Waals surface area contributed by atoms with Crippen molar-refractivity contribution in [3.63, 3.8) is 0 Å². The van der Waals surface area contributed by atoms with Crippen LogP contribution in [0.2, 0.25) is 0 Å². The molecule has 0 saturated carbocycles. The van der Waals surface area contributed by atoms with Crippen LogP contribution in [0.3, 0.4) is 0 Å². The van der Waals surface area contributed by atoms with Crippen molar-refractivity contribution in [2.24, 2.45) is 0 Å². The van der Waals surface area contributed by atoms with Crippen molar-refractivity contribution < 1.29 is 0 Å². The third kappa shape index (κ3) is 3.09. The second kappa shape index (κ2) is 5.04. The number of halogens is 1. The topological polar surface area (TPSA) is 28.1 Å². The Balaban J connectivity index is 3.19. The fourth-order valence-corrected chi connectivity index (χ4v) is 1.59. The minimum atomic E-state index is -0.0739. The van der Waals surface area contributed by atoms with Gasteiger partial charge in [0, 0.05) is 0 Å². The SMILES string of the molecule is [C-]#[N+]/C(C#N)=C(\Cl)c1ccc(C(C)(C)C)cc1. The molecule has 0 amide bonds. The highest BCUT2D eigenvalue weighted by Gasteiger charge is 2.14. The largest absolute Gasteiger partial charge is 0.280 e. The van der Waals surface area contributed by atoms with E-state index in [0.717, 1.165) is 0 Å². The minimum absolute atomic E-state index is 0.0739. The summed E-state index contributed by atoms with van der Waals surface area (Å²) in [5.41, 5.74) is 1.89. The molecular weight excluding hydrogens is 232 g/mol. The fraction of sp³-hybridized carbons (Fsp3) is 0.286. The van der Waals surface area contributed by atoms with Crippen LogP contribution in [0.5, 0.6) is 0 Å². The number of benzene rings is 1. The Labute approximate surface area is 107 Å². The summed E-state index contributed by atoms with van der Waals surface area (Å²) in [6.07, 6.45) is 0. The fourth-order valence-electron chi connectivity index (χ4n) is 1.38. The molecule has 0 aliphatic carbocycles. The maximum absolute atomic E-state index is 8.74. The molecule has 1 aromatic carbocycles. The first-order chi connectivity index (χ1) is 7.90. The van der Waals surface area contributed by atoms with Gasteiger partial charge < -0.3 is 0 Å². The lowest BCUT2D eigenvalue weighted by Crippen LogP contribution is -2.10. The van der Waals surface area contributed by atoms with E-state index in [4.69, 9.17) is 23.4 Å². The zero-order chi connectivity index (χ0) is 13.1. The number of rotatable bonds is 1. The highest BCUT2D eigenvalue weighted by molar-refractivity contribution is 6.49.